The molecule has 0 saturated carbocycles. The highest BCUT2D eigenvalue weighted by Gasteiger charge is 2.10. The second kappa shape index (κ2) is 10.9. The number of nitrogens with one attached hydrogen (secondary N) is 2. The van der Waals surface area contributed by atoms with Crippen molar-refractivity contribution < 1.29 is 19.8 Å². The molecule has 0 aliphatic rings. The fraction of sp³-hybridized carbons (Fsp3) is 0.222. The van der Waals surface area contributed by atoms with Crippen molar-refractivity contribution in [2.24, 2.45) is 0 Å². The van der Waals surface area contributed by atoms with Crippen LogP contribution in [0.3, 0.4) is 0 Å². The van der Waals surface area contributed by atoms with Crippen LogP contribution in [-0.4, -0.2) is 35.2 Å². The third-order valence-corrected chi connectivity index (χ3v) is 5.70. The third kappa shape index (κ3) is 6.38. The molecule has 138 valence electrons. The number of para-hydroxylation sites is 2. The highest BCUT2D eigenvalue weighted by molar-refractivity contribution is 8.76. The molecule has 0 unspecified atom stereocenters. The summed E-state index contributed by atoms with van der Waals surface area (Å²) >= 11 is 0. The van der Waals surface area contributed by atoms with Gasteiger partial charge in [-0.15, -0.1) is 0 Å². The van der Waals surface area contributed by atoms with E-state index in [9.17, 15) is 9.59 Å². The molecule has 0 aromatic heterocycles. The summed E-state index contributed by atoms with van der Waals surface area (Å²) in [5, 5.41) is 23.3. The van der Waals surface area contributed by atoms with E-state index < -0.39 is 0 Å². The lowest BCUT2D eigenvalue weighted by molar-refractivity contribution is -0.117. The van der Waals surface area contributed by atoms with Gasteiger partial charge in [0, 0.05) is 9.79 Å². The van der Waals surface area contributed by atoms with Crippen LogP contribution in [0.25, 0.3) is 0 Å². The van der Waals surface area contributed by atoms with Gasteiger partial charge in [-0.1, -0.05) is 45.9 Å². The molecule has 0 saturated heterocycles. The second-order valence-electron chi connectivity index (χ2n) is 5.20. The zero-order chi connectivity index (χ0) is 18.8. The minimum absolute atomic E-state index is 0.0475. The standard InChI is InChI=1S/C18H20N2O4S2/c21-11-9-17(23)19-13-5-1-3-7-15(13)25-26-16-8-4-2-6-14(16)20-18(24)10-12-22/h1-8,21-22H,9-12H2,(H,19,23)(H,20,24). The van der Waals surface area contributed by atoms with Gasteiger partial charge in [0.15, 0.2) is 0 Å². The second-order valence-corrected chi connectivity index (χ2v) is 7.42. The minimum atomic E-state index is -0.248. The maximum Gasteiger partial charge on any atom is 0.226 e. The van der Waals surface area contributed by atoms with Gasteiger partial charge < -0.3 is 20.8 Å². The Kier molecular flexibility index (Phi) is 8.49. The lowest BCUT2D eigenvalue weighted by Crippen LogP contribution is -2.13. The minimum Gasteiger partial charge on any atom is -0.396 e. The van der Waals surface area contributed by atoms with E-state index in [2.05, 4.69) is 10.6 Å². The highest BCUT2D eigenvalue weighted by atomic mass is 33.1. The van der Waals surface area contributed by atoms with Crippen LogP contribution < -0.4 is 10.6 Å². The average Bonchev–Trinajstić information content (AvgIpc) is 2.62. The van der Waals surface area contributed by atoms with Crippen molar-refractivity contribution in [2.75, 3.05) is 23.8 Å². The highest BCUT2D eigenvalue weighted by Crippen LogP contribution is 2.43. The molecule has 2 rings (SSSR count). The first-order valence-electron chi connectivity index (χ1n) is 7.98. The lowest BCUT2D eigenvalue weighted by Gasteiger charge is -2.12. The molecule has 6 nitrogen and oxygen atoms in total. The quantitative estimate of drug-likeness (QED) is 0.490. The number of rotatable bonds is 9. The molecule has 4 N–H and O–H groups in total. The number of anilines is 2. The summed E-state index contributed by atoms with van der Waals surface area (Å²) in [6.07, 6.45) is 0.0950. The first-order valence-corrected chi connectivity index (χ1v) is 10.1. The van der Waals surface area contributed by atoms with Gasteiger partial charge in [0.05, 0.1) is 37.4 Å². The molecule has 0 fully saturated rings. The topological polar surface area (TPSA) is 98.7 Å². The maximum absolute atomic E-state index is 11.7. The molecule has 8 heteroatoms. The Morgan fingerprint density at radius 3 is 1.50 bits per heavy atom. The summed E-state index contributed by atoms with van der Waals surface area (Å²) in [5.41, 5.74) is 1.34. The SMILES string of the molecule is O=C(CCO)Nc1ccccc1SSc1ccccc1NC(=O)CCO. The predicted octanol–water partition coefficient (Wildman–Crippen LogP) is 3.13. The van der Waals surface area contributed by atoms with Crippen molar-refractivity contribution in [2.45, 2.75) is 22.6 Å². The van der Waals surface area contributed by atoms with Gasteiger partial charge in [0.25, 0.3) is 0 Å². The fourth-order valence-corrected chi connectivity index (χ4v) is 4.28. The van der Waals surface area contributed by atoms with Crippen LogP contribution in [-0.2, 0) is 9.59 Å². The van der Waals surface area contributed by atoms with Gasteiger partial charge in [0.1, 0.15) is 0 Å². The fourth-order valence-electron chi connectivity index (χ4n) is 2.00. The number of amides is 2. The van der Waals surface area contributed by atoms with Gasteiger partial charge in [-0.2, -0.15) is 0 Å². The molecule has 26 heavy (non-hydrogen) atoms. The molecule has 0 heterocycles. The molecule has 0 atom stereocenters. The Hall–Kier alpha value is -2.00. The molecule has 2 aromatic carbocycles. The monoisotopic (exact) mass is 392 g/mol. The largest absolute Gasteiger partial charge is 0.396 e. The average molecular weight is 393 g/mol. The Balaban J connectivity index is 2.07. The van der Waals surface area contributed by atoms with E-state index in [1.165, 1.54) is 21.6 Å². The lowest BCUT2D eigenvalue weighted by atomic mass is 10.3. The van der Waals surface area contributed by atoms with Crippen molar-refractivity contribution in [3.8, 4) is 0 Å². The van der Waals surface area contributed by atoms with Crippen LogP contribution in [0.4, 0.5) is 11.4 Å². The number of hydrogen-bond acceptors (Lipinski definition) is 6. The van der Waals surface area contributed by atoms with Crippen molar-refractivity contribution in [1.82, 2.24) is 0 Å². The molecule has 0 aliphatic heterocycles. The Bertz CT molecular complexity index is 692. The number of carbonyl (C=O) groups is 2. The van der Waals surface area contributed by atoms with E-state index in [-0.39, 0.29) is 37.9 Å². The van der Waals surface area contributed by atoms with Crippen LogP contribution in [0, 0.1) is 0 Å². The molecule has 0 radical (unpaired) electrons. The van der Waals surface area contributed by atoms with Crippen LogP contribution in [0.2, 0.25) is 0 Å². The summed E-state index contributed by atoms with van der Waals surface area (Å²) in [6, 6.07) is 14.8. The van der Waals surface area contributed by atoms with E-state index in [0.29, 0.717) is 11.4 Å². The first kappa shape index (κ1) is 20.3. The summed E-state index contributed by atoms with van der Waals surface area (Å²) in [7, 11) is 2.91. The number of carbonyl (C=O) groups excluding carboxylic acids is 2. The van der Waals surface area contributed by atoms with E-state index in [1.807, 2.05) is 36.4 Å². The van der Waals surface area contributed by atoms with Gasteiger partial charge >= 0.3 is 0 Å². The molecule has 0 bridgehead atoms. The zero-order valence-corrected chi connectivity index (χ0v) is 15.6. The van der Waals surface area contributed by atoms with Crippen LogP contribution in [0.1, 0.15) is 12.8 Å². The number of benzene rings is 2. The van der Waals surface area contributed by atoms with Gasteiger partial charge in [0.2, 0.25) is 11.8 Å². The normalized spacial score (nSPS) is 10.4. The van der Waals surface area contributed by atoms with E-state index in [0.717, 1.165) is 9.79 Å². The van der Waals surface area contributed by atoms with Crippen LogP contribution in [0.15, 0.2) is 58.3 Å². The van der Waals surface area contributed by atoms with Gasteiger partial charge in [-0.3, -0.25) is 9.59 Å². The molecule has 2 aromatic rings. The van der Waals surface area contributed by atoms with Crippen LogP contribution in [0.5, 0.6) is 0 Å². The van der Waals surface area contributed by atoms with Crippen molar-refractivity contribution in [3.05, 3.63) is 48.5 Å². The number of hydrogen-bond donors (Lipinski definition) is 4. The zero-order valence-electron chi connectivity index (χ0n) is 14.0. The smallest absolute Gasteiger partial charge is 0.226 e. The maximum atomic E-state index is 11.7. The van der Waals surface area contributed by atoms with E-state index >= 15 is 0 Å². The van der Waals surface area contributed by atoms with Crippen LogP contribution >= 0.6 is 21.6 Å². The number of aliphatic hydroxyl groups excluding tert-OH is 2. The molecular weight excluding hydrogens is 372 g/mol. The van der Waals surface area contributed by atoms with E-state index in [1.54, 1.807) is 12.1 Å². The molecule has 2 amide bonds. The Morgan fingerprint density at radius 2 is 1.12 bits per heavy atom. The summed E-state index contributed by atoms with van der Waals surface area (Å²) in [6.45, 7) is -0.395. The van der Waals surface area contributed by atoms with Gasteiger partial charge in [-0.05, 0) is 24.3 Å². The first-order chi connectivity index (χ1) is 12.6. The number of aliphatic hydroxyl groups is 2. The summed E-state index contributed by atoms with van der Waals surface area (Å²) in [4.78, 5) is 25.2. The molecule has 0 spiro atoms. The third-order valence-electron chi connectivity index (χ3n) is 3.22. The Labute approximate surface area is 159 Å². The summed E-state index contributed by atoms with van der Waals surface area (Å²) < 4.78 is 0. The van der Waals surface area contributed by atoms with Crippen molar-refractivity contribution in [3.63, 3.8) is 0 Å². The Morgan fingerprint density at radius 1 is 0.731 bits per heavy atom. The molecule has 0 aliphatic carbocycles. The van der Waals surface area contributed by atoms with Gasteiger partial charge in [-0.25, -0.2) is 0 Å². The van der Waals surface area contributed by atoms with Crippen molar-refractivity contribution in [1.29, 1.82) is 0 Å². The van der Waals surface area contributed by atoms with Crippen molar-refractivity contribution >= 4 is 44.8 Å². The molecular formula is C18H20N2O4S2. The summed E-state index contributed by atoms with van der Waals surface area (Å²) in [5.74, 6) is -0.496. The van der Waals surface area contributed by atoms with E-state index in [4.69, 9.17) is 10.2 Å². The predicted molar refractivity (Wildman–Crippen MR) is 105 cm³/mol.